The normalized spacial score (nSPS) is 28.1. The van der Waals surface area contributed by atoms with Crippen LogP contribution in [-0.4, -0.2) is 38.8 Å². The molecule has 96 valence electrons. The Bertz CT molecular complexity index is 608. The summed E-state index contributed by atoms with van der Waals surface area (Å²) >= 11 is 0. The minimum Gasteiger partial charge on any atom is -0.379 e. The highest BCUT2D eigenvalue weighted by Gasteiger charge is 2.43. The molecule has 0 saturated carbocycles. The van der Waals surface area contributed by atoms with Gasteiger partial charge in [0.05, 0.1) is 18.6 Å². The lowest BCUT2D eigenvalue weighted by molar-refractivity contribution is 0.178. The molecule has 2 atom stereocenters. The Morgan fingerprint density at radius 3 is 2.89 bits per heavy atom. The predicted molar refractivity (Wildman–Crippen MR) is 66.4 cm³/mol. The first-order valence-electron chi connectivity index (χ1n) is 6.05. The van der Waals surface area contributed by atoms with E-state index in [1.807, 2.05) is 24.3 Å². The summed E-state index contributed by atoms with van der Waals surface area (Å²) in [5.74, 6) is 1.47. The Kier molecular flexibility index (Phi) is 2.39. The van der Waals surface area contributed by atoms with Crippen molar-refractivity contribution in [3.63, 3.8) is 0 Å². The van der Waals surface area contributed by atoms with Crippen LogP contribution in [-0.2, 0) is 10.2 Å². The smallest absolute Gasteiger partial charge is 0.255 e. The number of ether oxygens (including phenoxy) is 1. The van der Waals surface area contributed by atoms with Gasteiger partial charge in [0.15, 0.2) is 0 Å². The maximum Gasteiger partial charge on any atom is 0.255 e. The molecule has 6 nitrogen and oxygen atoms in total. The van der Waals surface area contributed by atoms with Gasteiger partial charge in [0.1, 0.15) is 5.82 Å². The van der Waals surface area contributed by atoms with Gasteiger partial charge in [0.2, 0.25) is 0 Å². The summed E-state index contributed by atoms with van der Waals surface area (Å²) in [6.07, 6.45) is 0. The summed E-state index contributed by atoms with van der Waals surface area (Å²) in [5.41, 5.74) is 7.85. The van der Waals surface area contributed by atoms with Gasteiger partial charge in [-0.2, -0.15) is 0 Å². The predicted octanol–water partition coefficient (Wildman–Crippen LogP) is 0.356. The van der Waals surface area contributed by atoms with Crippen LogP contribution in [0.5, 0.6) is 0 Å². The molecule has 1 saturated heterocycles. The molecule has 0 amide bonds. The van der Waals surface area contributed by atoms with Crippen molar-refractivity contribution < 1.29 is 4.74 Å². The fourth-order valence-corrected chi connectivity index (χ4v) is 2.52. The van der Waals surface area contributed by atoms with Gasteiger partial charge in [-0.25, -0.2) is 4.98 Å². The second-order valence-electron chi connectivity index (χ2n) is 5.24. The van der Waals surface area contributed by atoms with E-state index < -0.39 is 0 Å². The minimum atomic E-state index is -0.304. The molecule has 0 aliphatic carbocycles. The fraction of sp³-hybridized carbons (Fsp3) is 0.583. The molecule has 2 aromatic rings. The van der Waals surface area contributed by atoms with Crippen LogP contribution in [0.25, 0.3) is 5.78 Å². The highest BCUT2D eigenvalue weighted by molar-refractivity contribution is 5.35. The number of nitrogens with two attached hydrogens (primary N) is 1. The van der Waals surface area contributed by atoms with Crippen LogP contribution >= 0.6 is 0 Å². The van der Waals surface area contributed by atoms with Crippen LogP contribution in [0.15, 0.2) is 6.07 Å². The van der Waals surface area contributed by atoms with Gasteiger partial charge in [-0.1, -0.05) is 0 Å². The van der Waals surface area contributed by atoms with E-state index in [4.69, 9.17) is 10.5 Å². The third kappa shape index (κ3) is 1.46. The second kappa shape index (κ2) is 3.73. The molecule has 0 bridgehead atoms. The van der Waals surface area contributed by atoms with Crippen LogP contribution < -0.4 is 5.73 Å². The SMILES string of the molecule is Cc1cc(C)n2c(C3(C)COCC3N)nnc2n1. The van der Waals surface area contributed by atoms with Crippen molar-refractivity contribution in [1.82, 2.24) is 19.6 Å². The van der Waals surface area contributed by atoms with E-state index in [-0.39, 0.29) is 11.5 Å². The first-order chi connectivity index (χ1) is 8.52. The Labute approximate surface area is 105 Å². The van der Waals surface area contributed by atoms with E-state index in [0.717, 1.165) is 17.2 Å². The van der Waals surface area contributed by atoms with Gasteiger partial charge in [-0.3, -0.25) is 4.40 Å². The number of aromatic nitrogens is 4. The lowest BCUT2D eigenvalue weighted by Gasteiger charge is -2.25. The van der Waals surface area contributed by atoms with Crippen molar-refractivity contribution in [2.45, 2.75) is 32.2 Å². The molecule has 6 heteroatoms. The molecule has 0 radical (unpaired) electrons. The van der Waals surface area contributed by atoms with Crippen LogP contribution in [0.2, 0.25) is 0 Å². The van der Waals surface area contributed by atoms with Crippen molar-refractivity contribution >= 4 is 5.78 Å². The van der Waals surface area contributed by atoms with Crippen LogP contribution in [0.3, 0.4) is 0 Å². The first-order valence-corrected chi connectivity index (χ1v) is 6.05. The topological polar surface area (TPSA) is 78.3 Å². The van der Waals surface area contributed by atoms with Crippen LogP contribution in [0, 0.1) is 13.8 Å². The first kappa shape index (κ1) is 11.6. The van der Waals surface area contributed by atoms with E-state index in [1.165, 1.54) is 0 Å². The summed E-state index contributed by atoms with van der Waals surface area (Å²) < 4.78 is 7.46. The third-order valence-electron chi connectivity index (χ3n) is 3.72. The summed E-state index contributed by atoms with van der Waals surface area (Å²) in [6.45, 7) is 7.18. The van der Waals surface area contributed by atoms with Crippen LogP contribution in [0.4, 0.5) is 0 Å². The average molecular weight is 247 g/mol. The molecule has 1 fully saturated rings. The summed E-state index contributed by atoms with van der Waals surface area (Å²) in [7, 11) is 0. The van der Waals surface area contributed by atoms with Gasteiger partial charge in [0.25, 0.3) is 5.78 Å². The molecule has 0 aromatic carbocycles. The van der Waals surface area contributed by atoms with Crippen molar-refractivity contribution in [1.29, 1.82) is 0 Å². The van der Waals surface area contributed by atoms with Crippen molar-refractivity contribution in [3.05, 3.63) is 23.3 Å². The number of hydrogen-bond donors (Lipinski definition) is 1. The number of nitrogens with zero attached hydrogens (tertiary/aromatic N) is 4. The van der Waals surface area contributed by atoms with E-state index >= 15 is 0 Å². The molecule has 2 N–H and O–H groups in total. The van der Waals surface area contributed by atoms with Gasteiger partial charge in [0, 0.05) is 17.4 Å². The highest BCUT2D eigenvalue weighted by Crippen LogP contribution is 2.31. The number of hydrogen-bond acceptors (Lipinski definition) is 5. The Morgan fingerprint density at radius 1 is 1.44 bits per heavy atom. The summed E-state index contributed by atoms with van der Waals surface area (Å²) in [5, 5.41) is 8.45. The van der Waals surface area contributed by atoms with E-state index in [1.54, 1.807) is 0 Å². The molecule has 0 spiro atoms. The van der Waals surface area contributed by atoms with Gasteiger partial charge in [-0.05, 0) is 26.8 Å². The lowest BCUT2D eigenvalue weighted by Crippen LogP contribution is -2.43. The van der Waals surface area contributed by atoms with Gasteiger partial charge >= 0.3 is 0 Å². The average Bonchev–Trinajstić information content (AvgIpc) is 2.85. The molecule has 2 aromatic heterocycles. The number of rotatable bonds is 1. The lowest BCUT2D eigenvalue weighted by atomic mass is 9.85. The molecule has 2 unspecified atom stereocenters. The van der Waals surface area contributed by atoms with Crippen molar-refractivity contribution in [2.75, 3.05) is 13.2 Å². The molecule has 18 heavy (non-hydrogen) atoms. The quantitative estimate of drug-likeness (QED) is 0.787. The maximum atomic E-state index is 6.15. The van der Waals surface area contributed by atoms with E-state index in [9.17, 15) is 0 Å². The molecule has 1 aliphatic rings. The van der Waals surface area contributed by atoms with Crippen molar-refractivity contribution in [2.24, 2.45) is 5.73 Å². The zero-order valence-electron chi connectivity index (χ0n) is 10.8. The maximum absolute atomic E-state index is 6.15. The zero-order valence-corrected chi connectivity index (χ0v) is 10.8. The zero-order chi connectivity index (χ0) is 12.9. The molecular weight excluding hydrogens is 230 g/mol. The molecular formula is C12H17N5O. The Hall–Kier alpha value is -1.53. The third-order valence-corrected chi connectivity index (χ3v) is 3.72. The fourth-order valence-electron chi connectivity index (χ4n) is 2.52. The van der Waals surface area contributed by atoms with Gasteiger partial charge < -0.3 is 10.5 Å². The number of aryl methyl sites for hydroxylation is 2. The summed E-state index contributed by atoms with van der Waals surface area (Å²) in [4.78, 5) is 4.39. The van der Waals surface area contributed by atoms with Crippen LogP contribution in [0.1, 0.15) is 24.1 Å². The summed E-state index contributed by atoms with van der Waals surface area (Å²) in [6, 6.07) is 1.95. The largest absolute Gasteiger partial charge is 0.379 e. The van der Waals surface area contributed by atoms with Gasteiger partial charge in [-0.15, -0.1) is 10.2 Å². The molecule has 3 rings (SSSR count). The van der Waals surface area contributed by atoms with E-state index in [2.05, 4.69) is 22.1 Å². The monoisotopic (exact) mass is 247 g/mol. The number of fused-ring (bicyclic) bond motifs is 1. The standard InChI is InChI=1S/C12H17N5O/c1-7-4-8(2)17-10(15-16-11(17)14-7)12(3)6-18-5-9(12)13/h4,9H,5-6,13H2,1-3H3. The second-order valence-corrected chi connectivity index (χ2v) is 5.24. The van der Waals surface area contributed by atoms with Crippen molar-refractivity contribution in [3.8, 4) is 0 Å². The minimum absolute atomic E-state index is 0.0643. The Balaban J connectivity index is 2.25. The Morgan fingerprint density at radius 2 is 2.22 bits per heavy atom. The van der Waals surface area contributed by atoms with E-state index in [0.29, 0.717) is 19.0 Å². The molecule has 3 heterocycles. The molecule has 1 aliphatic heterocycles. The highest BCUT2D eigenvalue weighted by atomic mass is 16.5.